The number of carbonyl (C=O) groups is 1. The number of fused-ring (bicyclic) bond motifs is 1. The molecule has 4 nitrogen and oxygen atoms in total. The predicted octanol–water partition coefficient (Wildman–Crippen LogP) is 2.38. The van der Waals surface area contributed by atoms with Gasteiger partial charge in [0.1, 0.15) is 6.33 Å². The van der Waals surface area contributed by atoms with E-state index in [0.29, 0.717) is 13.0 Å². The molecule has 0 N–H and O–H groups in total. The Hall–Kier alpha value is -1.75. The zero-order chi connectivity index (χ0) is 14.2. The van der Waals surface area contributed by atoms with Gasteiger partial charge >= 0.3 is 0 Å². The van der Waals surface area contributed by atoms with Crippen molar-refractivity contribution in [1.29, 1.82) is 0 Å². The number of nitrogens with zero attached hydrogens (tertiary/aromatic N) is 3. The normalized spacial score (nSPS) is 21.2. The van der Waals surface area contributed by atoms with Gasteiger partial charge in [-0.25, -0.2) is 15.3 Å². The van der Waals surface area contributed by atoms with Gasteiger partial charge in [-0.2, -0.15) is 0 Å². The van der Waals surface area contributed by atoms with Gasteiger partial charge in [0, 0.05) is 16.9 Å². The summed E-state index contributed by atoms with van der Waals surface area (Å²) in [5.74, 6) is -0.0769. The van der Waals surface area contributed by atoms with Crippen LogP contribution in [0.4, 0.5) is 0 Å². The van der Waals surface area contributed by atoms with E-state index in [-0.39, 0.29) is 5.91 Å². The van der Waals surface area contributed by atoms with Gasteiger partial charge in [-0.1, -0.05) is 22.0 Å². The third kappa shape index (κ3) is 2.22. The van der Waals surface area contributed by atoms with Crippen molar-refractivity contribution in [2.24, 2.45) is 0 Å². The Balaban J connectivity index is 2.07. The van der Waals surface area contributed by atoms with Crippen molar-refractivity contribution in [2.45, 2.75) is 25.3 Å². The standard InChI is InChI=1S/C15H13BrN3O/c1-15(5-10-6-17-9-18-7-10)13-4-12(16)3-2-11(13)8-19-14(15)20/h2-4,6-7,9H,5,8H2,1H3. The van der Waals surface area contributed by atoms with Crippen LogP contribution >= 0.6 is 15.9 Å². The molecule has 0 spiro atoms. The summed E-state index contributed by atoms with van der Waals surface area (Å²) in [5, 5.41) is 4.16. The first-order chi connectivity index (χ1) is 9.59. The van der Waals surface area contributed by atoms with Crippen molar-refractivity contribution in [2.75, 3.05) is 0 Å². The molecule has 0 fully saturated rings. The van der Waals surface area contributed by atoms with E-state index in [9.17, 15) is 4.79 Å². The lowest BCUT2D eigenvalue weighted by Crippen LogP contribution is -2.44. The number of benzene rings is 1. The summed E-state index contributed by atoms with van der Waals surface area (Å²) in [6.45, 7) is 2.40. The molecule has 20 heavy (non-hydrogen) atoms. The Morgan fingerprint density at radius 2 is 2.05 bits per heavy atom. The lowest BCUT2D eigenvalue weighted by atomic mass is 9.73. The summed E-state index contributed by atoms with van der Waals surface area (Å²) < 4.78 is 0.974. The van der Waals surface area contributed by atoms with Crippen molar-refractivity contribution in [1.82, 2.24) is 15.3 Å². The van der Waals surface area contributed by atoms with Crippen molar-refractivity contribution < 1.29 is 4.79 Å². The SMILES string of the molecule is CC1(Cc2cncnc2)C(=O)[N]Cc2ccc(Br)cc21. The van der Waals surface area contributed by atoms with E-state index < -0.39 is 5.41 Å². The molecular weight excluding hydrogens is 318 g/mol. The van der Waals surface area contributed by atoms with E-state index in [0.717, 1.165) is 21.2 Å². The number of hydrogen-bond acceptors (Lipinski definition) is 3. The summed E-state index contributed by atoms with van der Waals surface area (Å²) in [6, 6.07) is 6.02. The Bertz CT molecular complexity index is 659. The molecular formula is C15H13BrN3O. The molecule has 0 saturated heterocycles. The lowest BCUT2D eigenvalue weighted by molar-refractivity contribution is -0.127. The number of halogens is 1. The molecule has 1 atom stereocenters. The smallest absolute Gasteiger partial charge is 0.252 e. The second kappa shape index (κ2) is 4.98. The fraction of sp³-hybridized carbons (Fsp3) is 0.267. The molecule has 3 rings (SSSR count). The Kier molecular flexibility index (Phi) is 3.30. The van der Waals surface area contributed by atoms with Gasteiger partial charge in [-0.15, -0.1) is 0 Å². The summed E-state index contributed by atoms with van der Waals surface area (Å²) in [4.78, 5) is 20.4. The van der Waals surface area contributed by atoms with E-state index in [1.165, 1.54) is 6.33 Å². The van der Waals surface area contributed by atoms with E-state index in [1.807, 2.05) is 25.1 Å². The van der Waals surface area contributed by atoms with Crippen molar-refractivity contribution in [3.63, 3.8) is 0 Å². The molecule has 1 unspecified atom stereocenters. The number of hydrogen-bond donors (Lipinski definition) is 0. The van der Waals surface area contributed by atoms with E-state index in [1.54, 1.807) is 12.4 Å². The van der Waals surface area contributed by atoms with Crippen LogP contribution in [0.3, 0.4) is 0 Å². The monoisotopic (exact) mass is 330 g/mol. The van der Waals surface area contributed by atoms with Crippen LogP contribution in [0.2, 0.25) is 0 Å². The minimum Gasteiger partial charge on any atom is -0.272 e. The second-order valence-corrected chi connectivity index (χ2v) is 6.09. The van der Waals surface area contributed by atoms with Crippen LogP contribution in [-0.2, 0) is 23.2 Å². The average molecular weight is 331 g/mol. The van der Waals surface area contributed by atoms with Gasteiger partial charge in [0.25, 0.3) is 5.91 Å². The molecule has 1 amide bonds. The Morgan fingerprint density at radius 1 is 1.30 bits per heavy atom. The van der Waals surface area contributed by atoms with Crippen LogP contribution < -0.4 is 5.32 Å². The molecule has 1 aromatic heterocycles. The van der Waals surface area contributed by atoms with Crippen molar-refractivity contribution >= 4 is 21.8 Å². The molecule has 0 aliphatic carbocycles. The number of rotatable bonds is 2. The van der Waals surface area contributed by atoms with Crippen LogP contribution in [-0.4, -0.2) is 15.9 Å². The van der Waals surface area contributed by atoms with Gasteiger partial charge in [-0.05, 0) is 42.2 Å². The zero-order valence-electron chi connectivity index (χ0n) is 11.0. The van der Waals surface area contributed by atoms with E-state index in [2.05, 4.69) is 31.2 Å². The van der Waals surface area contributed by atoms with Gasteiger partial charge in [-0.3, -0.25) is 4.79 Å². The number of amides is 1. The molecule has 0 saturated carbocycles. The fourth-order valence-corrected chi connectivity index (χ4v) is 3.01. The van der Waals surface area contributed by atoms with Crippen LogP contribution in [0.15, 0.2) is 41.4 Å². The Morgan fingerprint density at radius 3 is 2.80 bits per heavy atom. The topological polar surface area (TPSA) is 57.0 Å². The molecule has 1 aliphatic heterocycles. The maximum absolute atomic E-state index is 12.4. The van der Waals surface area contributed by atoms with Gasteiger partial charge < -0.3 is 0 Å². The quantitative estimate of drug-likeness (QED) is 0.849. The largest absolute Gasteiger partial charge is 0.272 e. The van der Waals surface area contributed by atoms with Gasteiger partial charge in [0.2, 0.25) is 0 Å². The number of carbonyl (C=O) groups excluding carboxylic acids is 1. The predicted molar refractivity (Wildman–Crippen MR) is 78.1 cm³/mol. The second-order valence-electron chi connectivity index (χ2n) is 5.18. The third-order valence-electron chi connectivity index (χ3n) is 3.70. The summed E-state index contributed by atoms with van der Waals surface area (Å²) in [7, 11) is 0. The molecule has 5 heteroatoms. The summed E-state index contributed by atoms with van der Waals surface area (Å²) >= 11 is 3.48. The minimum absolute atomic E-state index is 0.0769. The molecule has 2 aromatic rings. The van der Waals surface area contributed by atoms with Gasteiger partial charge in [0.05, 0.1) is 12.0 Å². The highest BCUT2D eigenvalue weighted by Crippen LogP contribution is 2.36. The van der Waals surface area contributed by atoms with Crippen molar-refractivity contribution in [3.8, 4) is 0 Å². The molecule has 2 heterocycles. The first kappa shape index (κ1) is 13.2. The highest BCUT2D eigenvalue weighted by Gasteiger charge is 2.41. The summed E-state index contributed by atoms with van der Waals surface area (Å²) in [6.07, 6.45) is 5.54. The maximum Gasteiger partial charge on any atom is 0.252 e. The average Bonchev–Trinajstić information content (AvgIpc) is 2.45. The maximum atomic E-state index is 12.4. The Labute approximate surface area is 125 Å². The van der Waals surface area contributed by atoms with Crippen LogP contribution in [0.1, 0.15) is 23.6 Å². The first-order valence-corrected chi connectivity index (χ1v) is 7.13. The number of aromatic nitrogens is 2. The van der Waals surface area contributed by atoms with Gasteiger partial charge in [0.15, 0.2) is 0 Å². The molecule has 1 aromatic carbocycles. The molecule has 1 radical (unpaired) electrons. The summed E-state index contributed by atoms with van der Waals surface area (Å²) in [5.41, 5.74) is 2.43. The molecule has 101 valence electrons. The van der Waals surface area contributed by atoms with Crippen LogP contribution in [0.25, 0.3) is 0 Å². The highest BCUT2D eigenvalue weighted by atomic mass is 79.9. The molecule has 1 aliphatic rings. The van der Waals surface area contributed by atoms with E-state index >= 15 is 0 Å². The lowest BCUT2D eigenvalue weighted by Gasteiger charge is -2.34. The fourth-order valence-electron chi connectivity index (χ4n) is 2.65. The van der Waals surface area contributed by atoms with E-state index in [4.69, 9.17) is 0 Å². The van der Waals surface area contributed by atoms with Crippen molar-refractivity contribution in [3.05, 3.63) is 58.1 Å². The zero-order valence-corrected chi connectivity index (χ0v) is 12.6. The van der Waals surface area contributed by atoms with Crippen LogP contribution in [0, 0.1) is 0 Å². The third-order valence-corrected chi connectivity index (χ3v) is 4.20. The first-order valence-electron chi connectivity index (χ1n) is 6.34. The highest BCUT2D eigenvalue weighted by molar-refractivity contribution is 9.10. The minimum atomic E-state index is -0.651. The van der Waals surface area contributed by atoms with Crippen LogP contribution in [0.5, 0.6) is 0 Å². The molecule has 0 bridgehead atoms.